The number of amides is 1. The number of nitrogens with zero attached hydrogens (tertiary/aromatic N) is 3. The average molecular weight is 453 g/mol. The third kappa shape index (κ3) is 3.66. The van der Waals surface area contributed by atoms with Crippen molar-refractivity contribution in [2.75, 3.05) is 24.6 Å². The molecule has 2 aromatic heterocycles. The molecule has 1 amide bonds. The molecule has 0 radical (unpaired) electrons. The zero-order valence-electron chi connectivity index (χ0n) is 14.7. The molecule has 9 nitrogen and oxygen atoms in total. The number of halogens is 1. The van der Waals surface area contributed by atoms with Gasteiger partial charge in [-0.1, -0.05) is 11.6 Å². The number of anilines is 1. The Morgan fingerprint density at radius 3 is 2.83 bits per heavy atom. The van der Waals surface area contributed by atoms with Gasteiger partial charge in [-0.05, 0) is 18.2 Å². The molecule has 2 aliphatic heterocycles. The number of nitriles is 1. The van der Waals surface area contributed by atoms with Gasteiger partial charge in [0.25, 0.3) is 10.0 Å². The van der Waals surface area contributed by atoms with E-state index in [1.54, 1.807) is 4.90 Å². The Labute approximate surface area is 174 Å². The summed E-state index contributed by atoms with van der Waals surface area (Å²) in [6.45, 7) is 0.634. The van der Waals surface area contributed by atoms with Crippen molar-refractivity contribution in [1.82, 2.24) is 9.71 Å². The van der Waals surface area contributed by atoms with Crippen molar-refractivity contribution in [1.29, 1.82) is 5.26 Å². The molecule has 0 bridgehead atoms. The van der Waals surface area contributed by atoms with Crippen LogP contribution in [0.2, 0.25) is 4.34 Å². The lowest BCUT2D eigenvalue weighted by atomic mass is 9.98. The predicted molar refractivity (Wildman–Crippen MR) is 103 cm³/mol. The Kier molecular flexibility index (Phi) is 4.94. The Hall–Kier alpha value is -2.68. The van der Waals surface area contributed by atoms with Crippen LogP contribution in [0.5, 0.6) is 0 Å². The van der Waals surface area contributed by atoms with Gasteiger partial charge in [0.15, 0.2) is 0 Å². The van der Waals surface area contributed by atoms with Crippen molar-refractivity contribution in [3.8, 4) is 6.07 Å². The molecular formula is C17H13ClN4O5S2. The number of sulfonamides is 1. The second-order valence-electron chi connectivity index (χ2n) is 6.48. The smallest absolute Gasteiger partial charge is 0.340 e. The van der Waals surface area contributed by atoms with Crippen molar-refractivity contribution < 1.29 is 22.7 Å². The highest BCUT2D eigenvalue weighted by atomic mass is 35.5. The molecule has 1 N–H and O–H groups in total. The fourth-order valence-corrected chi connectivity index (χ4v) is 5.60. The maximum atomic E-state index is 12.3. The van der Waals surface area contributed by atoms with Gasteiger partial charge in [-0.3, -0.25) is 4.79 Å². The molecule has 0 saturated carbocycles. The maximum Gasteiger partial charge on any atom is 0.340 e. The first kappa shape index (κ1) is 19.6. The Bertz CT molecular complexity index is 1160. The summed E-state index contributed by atoms with van der Waals surface area (Å²) < 4.78 is 31.8. The van der Waals surface area contributed by atoms with Gasteiger partial charge in [0.2, 0.25) is 5.91 Å². The third-order valence-electron chi connectivity index (χ3n) is 4.59. The average Bonchev–Trinajstić information content (AvgIpc) is 3.07. The number of carbonyl (C=O) groups is 2. The minimum Gasteiger partial charge on any atom is -0.462 e. The van der Waals surface area contributed by atoms with Gasteiger partial charge in [-0.2, -0.15) is 5.26 Å². The number of fused-ring (bicyclic) bond motifs is 1. The summed E-state index contributed by atoms with van der Waals surface area (Å²) in [7, 11) is -3.98. The molecule has 29 heavy (non-hydrogen) atoms. The van der Waals surface area contributed by atoms with Crippen LogP contribution in [-0.2, 0) is 26.0 Å². The number of aromatic nitrogens is 1. The van der Waals surface area contributed by atoms with E-state index in [-0.39, 0.29) is 35.0 Å². The number of esters is 1. The molecule has 0 unspecified atom stereocenters. The normalized spacial score (nSPS) is 16.4. The van der Waals surface area contributed by atoms with E-state index >= 15 is 0 Å². The molecular weight excluding hydrogens is 440 g/mol. The van der Waals surface area contributed by atoms with Crippen LogP contribution in [0, 0.1) is 17.2 Å². The maximum absolute atomic E-state index is 12.3. The number of hydrogen-bond donors (Lipinski definition) is 1. The highest BCUT2D eigenvalue weighted by molar-refractivity contribution is 7.92. The molecule has 1 saturated heterocycles. The standard InChI is InChI=1S/C17H13ClN4O5S2/c18-13-1-2-14(28-13)29(25,26)21-16(23)10-7-22(8-10)15-9(6-19)5-11-12(20-15)3-4-27-17(11)24/h1-2,5,10H,3-4,7-8H2,(H,21,23). The van der Waals surface area contributed by atoms with E-state index in [2.05, 4.69) is 9.71 Å². The van der Waals surface area contributed by atoms with Crippen LogP contribution in [0.3, 0.4) is 0 Å². The number of nitrogens with one attached hydrogen (secondary N) is 1. The van der Waals surface area contributed by atoms with Crippen LogP contribution in [0.25, 0.3) is 0 Å². The summed E-state index contributed by atoms with van der Waals surface area (Å²) in [6, 6.07) is 6.22. The van der Waals surface area contributed by atoms with Crippen molar-refractivity contribution in [3.63, 3.8) is 0 Å². The number of carbonyl (C=O) groups excluding carboxylic acids is 2. The van der Waals surface area contributed by atoms with Gasteiger partial charge < -0.3 is 9.64 Å². The van der Waals surface area contributed by atoms with E-state index in [1.807, 2.05) is 6.07 Å². The highest BCUT2D eigenvalue weighted by Gasteiger charge is 2.37. The monoisotopic (exact) mass is 452 g/mol. The van der Waals surface area contributed by atoms with E-state index < -0.39 is 27.8 Å². The van der Waals surface area contributed by atoms with Crippen LogP contribution >= 0.6 is 22.9 Å². The SMILES string of the molecule is N#Cc1cc2c(nc1N1CC(C(=O)NS(=O)(=O)c3ccc(Cl)s3)C1)CCOC2=O. The number of rotatable bonds is 4. The largest absolute Gasteiger partial charge is 0.462 e. The van der Waals surface area contributed by atoms with Gasteiger partial charge in [0.05, 0.1) is 33.7 Å². The fourth-order valence-electron chi connectivity index (χ4n) is 3.07. The Morgan fingerprint density at radius 1 is 1.41 bits per heavy atom. The topological polar surface area (TPSA) is 129 Å². The molecule has 1 fully saturated rings. The van der Waals surface area contributed by atoms with E-state index in [4.69, 9.17) is 16.3 Å². The fraction of sp³-hybridized carbons (Fsp3) is 0.294. The van der Waals surface area contributed by atoms with Gasteiger partial charge >= 0.3 is 5.97 Å². The summed E-state index contributed by atoms with van der Waals surface area (Å²) in [4.78, 5) is 30.3. The molecule has 0 atom stereocenters. The van der Waals surface area contributed by atoms with Crippen LogP contribution in [0.1, 0.15) is 21.6 Å². The van der Waals surface area contributed by atoms with Crippen LogP contribution < -0.4 is 9.62 Å². The lowest BCUT2D eigenvalue weighted by Crippen LogP contribution is -2.55. The lowest BCUT2D eigenvalue weighted by Gasteiger charge is -2.39. The van der Waals surface area contributed by atoms with Crippen molar-refractivity contribution in [3.05, 3.63) is 39.4 Å². The highest BCUT2D eigenvalue weighted by Crippen LogP contribution is 2.30. The molecule has 4 heterocycles. The quantitative estimate of drug-likeness (QED) is 0.687. The molecule has 2 aliphatic rings. The molecule has 12 heteroatoms. The predicted octanol–water partition coefficient (Wildman–Crippen LogP) is 1.32. The second-order valence-corrected chi connectivity index (χ2v) is 10.1. The summed E-state index contributed by atoms with van der Waals surface area (Å²) in [5, 5.41) is 9.39. The van der Waals surface area contributed by atoms with Gasteiger partial charge in [0, 0.05) is 19.5 Å². The minimum atomic E-state index is -3.98. The summed E-state index contributed by atoms with van der Waals surface area (Å²) in [6.07, 6.45) is 0.444. The minimum absolute atomic E-state index is 0.0398. The first-order valence-electron chi connectivity index (χ1n) is 8.46. The van der Waals surface area contributed by atoms with E-state index in [9.17, 15) is 23.3 Å². The first-order chi connectivity index (χ1) is 13.8. The Balaban J connectivity index is 1.47. The first-order valence-corrected chi connectivity index (χ1v) is 11.1. The molecule has 0 aromatic carbocycles. The molecule has 0 aliphatic carbocycles. The van der Waals surface area contributed by atoms with Crippen LogP contribution in [0.4, 0.5) is 5.82 Å². The number of thiophene rings is 1. The number of hydrogen-bond acceptors (Lipinski definition) is 9. The Morgan fingerprint density at radius 2 is 2.17 bits per heavy atom. The number of ether oxygens (including phenoxy) is 1. The van der Waals surface area contributed by atoms with E-state index in [0.29, 0.717) is 22.3 Å². The van der Waals surface area contributed by atoms with Gasteiger partial charge in [-0.15, -0.1) is 11.3 Å². The van der Waals surface area contributed by atoms with E-state index in [0.717, 1.165) is 11.3 Å². The van der Waals surface area contributed by atoms with Gasteiger partial charge in [0.1, 0.15) is 16.1 Å². The summed E-state index contributed by atoms with van der Waals surface area (Å²) in [5.74, 6) is -1.35. The summed E-state index contributed by atoms with van der Waals surface area (Å²) >= 11 is 6.61. The van der Waals surface area contributed by atoms with Gasteiger partial charge in [-0.25, -0.2) is 22.9 Å². The molecule has 2 aromatic rings. The number of pyridine rings is 1. The summed E-state index contributed by atoms with van der Waals surface area (Å²) in [5.41, 5.74) is 1.01. The molecule has 150 valence electrons. The lowest BCUT2D eigenvalue weighted by molar-refractivity contribution is -0.123. The van der Waals surface area contributed by atoms with Crippen LogP contribution in [0.15, 0.2) is 22.4 Å². The molecule has 4 rings (SSSR count). The van der Waals surface area contributed by atoms with Crippen LogP contribution in [-0.4, -0.2) is 45.0 Å². The third-order valence-corrected chi connectivity index (χ3v) is 7.66. The zero-order valence-corrected chi connectivity index (χ0v) is 17.1. The molecule has 0 spiro atoms. The van der Waals surface area contributed by atoms with E-state index in [1.165, 1.54) is 18.2 Å². The second kappa shape index (κ2) is 7.29. The van der Waals surface area contributed by atoms with Crippen molar-refractivity contribution in [2.24, 2.45) is 5.92 Å². The van der Waals surface area contributed by atoms with Crippen molar-refractivity contribution >= 4 is 50.7 Å². The number of cyclic esters (lactones) is 1. The zero-order chi connectivity index (χ0) is 20.8. The van der Waals surface area contributed by atoms with Crippen molar-refractivity contribution in [2.45, 2.75) is 10.6 Å².